The lowest BCUT2D eigenvalue weighted by Crippen LogP contribution is -2.48. The van der Waals surface area contributed by atoms with Crippen LogP contribution in [0, 0.1) is 0 Å². The molecular weight excluding hydrogens is 164 g/mol. The quantitative estimate of drug-likeness (QED) is 0.653. The fourth-order valence-electron chi connectivity index (χ4n) is 1.59. The van der Waals surface area contributed by atoms with E-state index in [0.717, 1.165) is 26.2 Å². The molecule has 1 saturated heterocycles. The van der Waals surface area contributed by atoms with Crippen LogP contribution in [0.15, 0.2) is 12.2 Å². The van der Waals surface area contributed by atoms with E-state index in [0.29, 0.717) is 6.54 Å². The molecule has 1 rings (SSSR count). The number of nitrogens with zero attached hydrogens (tertiary/aromatic N) is 1. The number of ether oxygens (including phenoxy) is 1. The number of rotatable bonds is 3. The van der Waals surface area contributed by atoms with Gasteiger partial charge in [-0.2, -0.15) is 0 Å². The molecule has 76 valence electrons. The van der Waals surface area contributed by atoms with Gasteiger partial charge in [0.05, 0.1) is 12.2 Å². The van der Waals surface area contributed by atoms with Gasteiger partial charge in [0.1, 0.15) is 0 Å². The highest BCUT2D eigenvalue weighted by Crippen LogP contribution is 2.15. The van der Waals surface area contributed by atoms with Crippen molar-refractivity contribution in [2.24, 2.45) is 5.73 Å². The van der Waals surface area contributed by atoms with Crippen LogP contribution in [-0.2, 0) is 4.74 Å². The molecule has 0 atom stereocenters. The van der Waals surface area contributed by atoms with Gasteiger partial charge in [-0.3, -0.25) is 4.90 Å². The van der Waals surface area contributed by atoms with Crippen LogP contribution in [0.25, 0.3) is 0 Å². The predicted octanol–water partition coefficient (Wildman–Crippen LogP) is 0.612. The molecular formula is C10H20N2O. The molecule has 0 aromatic heterocycles. The van der Waals surface area contributed by atoms with Crippen LogP contribution in [0.4, 0.5) is 0 Å². The van der Waals surface area contributed by atoms with Gasteiger partial charge in [-0.1, -0.05) is 12.2 Å². The van der Waals surface area contributed by atoms with Crippen LogP contribution < -0.4 is 5.73 Å². The van der Waals surface area contributed by atoms with E-state index in [4.69, 9.17) is 10.5 Å². The number of morpholine rings is 1. The zero-order valence-corrected chi connectivity index (χ0v) is 8.62. The fourth-order valence-corrected chi connectivity index (χ4v) is 1.59. The first-order valence-corrected chi connectivity index (χ1v) is 4.85. The average molecular weight is 184 g/mol. The van der Waals surface area contributed by atoms with E-state index in [2.05, 4.69) is 24.8 Å². The summed E-state index contributed by atoms with van der Waals surface area (Å²) in [7, 11) is 0. The SMILES string of the molecule is CC1(C)CN(CC=CCN)CCO1. The van der Waals surface area contributed by atoms with E-state index in [9.17, 15) is 0 Å². The summed E-state index contributed by atoms with van der Waals surface area (Å²) in [5, 5.41) is 0. The second kappa shape index (κ2) is 4.74. The summed E-state index contributed by atoms with van der Waals surface area (Å²) in [4.78, 5) is 2.38. The van der Waals surface area contributed by atoms with E-state index in [1.165, 1.54) is 0 Å². The van der Waals surface area contributed by atoms with E-state index in [-0.39, 0.29) is 5.60 Å². The third-order valence-electron chi connectivity index (χ3n) is 2.17. The van der Waals surface area contributed by atoms with Crippen molar-refractivity contribution in [3.8, 4) is 0 Å². The van der Waals surface area contributed by atoms with Crippen molar-refractivity contribution in [1.82, 2.24) is 4.90 Å². The first-order chi connectivity index (χ1) is 6.14. The molecule has 0 saturated carbocycles. The highest BCUT2D eigenvalue weighted by atomic mass is 16.5. The van der Waals surface area contributed by atoms with Crippen molar-refractivity contribution >= 4 is 0 Å². The van der Waals surface area contributed by atoms with E-state index in [1.807, 2.05) is 6.08 Å². The normalized spacial score (nSPS) is 23.9. The van der Waals surface area contributed by atoms with Crippen molar-refractivity contribution in [1.29, 1.82) is 0 Å². The molecule has 0 amide bonds. The van der Waals surface area contributed by atoms with Crippen molar-refractivity contribution in [3.05, 3.63) is 12.2 Å². The van der Waals surface area contributed by atoms with Gasteiger partial charge >= 0.3 is 0 Å². The average Bonchev–Trinajstić information content (AvgIpc) is 2.03. The maximum absolute atomic E-state index is 5.61. The Labute approximate surface area is 80.5 Å². The molecule has 1 heterocycles. The maximum atomic E-state index is 5.61. The Balaban J connectivity index is 2.30. The van der Waals surface area contributed by atoms with Crippen molar-refractivity contribution in [2.75, 3.05) is 32.8 Å². The molecule has 1 aliphatic rings. The minimum atomic E-state index is 0.00873. The Morgan fingerprint density at radius 3 is 2.85 bits per heavy atom. The van der Waals surface area contributed by atoms with Gasteiger partial charge in [0, 0.05) is 26.2 Å². The Morgan fingerprint density at radius 1 is 1.46 bits per heavy atom. The van der Waals surface area contributed by atoms with Gasteiger partial charge in [0.15, 0.2) is 0 Å². The van der Waals surface area contributed by atoms with E-state index in [1.54, 1.807) is 0 Å². The smallest absolute Gasteiger partial charge is 0.0753 e. The number of hydrogen-bond acceptors (Lipinski definition) is 3. The first-order valence-electron chi connectivity index (χ1n) is 4.85. The van der Waals surface area contributed by atoms with Gasteiger partial charge in [-0.05, 0) is 13.8 Å². The zero-order chi connectivity index (χ0) is 9.73. The minimum Gasteiger partial charge on any atom is -0.373 e. The lowest BCUT2D eigenvalue weighted by molar-refractivity contribution is -0.0829. The van der Waals surface area contributed by atoms with Gasteiger partial charge in [0.2, 0.25) is 0 Å². The summed E-state index contributed by atoms with van der Waals surface area (Å²) in [6.07, 6.45) is 4.13. The Morgan fingerprint density at radius 2 is 2.23 bits per heavy atom. The van der Waals surface area contributed by atoms with Crippen LogP contribution in [0.3, 0.4) is 0 Å². The van der Waals surface area contributed by atoms with Crippen LogP contribution in [0.1, 0.15) is 13.8 Å². The van der Waals surface area contributed by atoms with Crippen molar-refractivity contribution in [2.45, 2.75) is 19.4 Å². The third kappa shape index (κ3) is 3.89. The molecule has 0 spiro atoms. The molecule has 1 fully saturated rings. The second-order valence-electron chi connectivity index (χ2n) is 4.05. The molecule has 2 N–H and O–H groups in total. The second-order valence-corrected chi connectivity index (χ2v) is 4.05. The lowest BCUT2D eigenvalue weighted by Gasteiger charge is -2.37. The Bertz CT molecular complexity index is 178. The number of nitrogens with two attached hydrogens (primary N) is 1. The van der Waals surface area contributed by atoms with Crippen LogP contribution in [0.2, 0.25) is 0 Å². The molecule has 13 heavy (non-hydrogen) atoms. The summed E-state index contributed by atoms with van der Waals surface area (Å²) in [6, 6.07) is 0. The standard InChI is InChI=1S/C10H20N2O/c1-10(2)9-12(7-8-13-10)6-4-3-5-11/h3-4H,5-9,11H2,1-2H3. The van der Waals surface area contributed by atoms with Crippen molar-refractivity contribution < 1.29 is 4.74 Å². The summed E-state index contributed by atoms with van der Waals surface area (Å²) >= 11 is 0. The summed E-state index contributed by atoms with van der Waals surface area (Å²) < 4.78 is 5.61. The first kappa shape index (κ1) is 10.7. The molecule has 1 aliphatic heterocycles. The highest BCUT2D eigenvalue weighted by molar-refractivity contribution is 4.88. The van der Waals surface area contributed by atoms with Gasteiger partial charge in [-0.25, -0.2) is 0 Å². The van der Waals surface area contributed by atoms with Gasteiger partial charge < -0.3 is 10.5 Å². The fraction of sp³-hybridized carbons (Fsp3) is 0.800. The van der Waals surface area contributed by atoms with Gasteiger partial charge in [0.25, 0.3) is 0 Å². The third-order valence-corrected chi connectivity index (χ3v) is 2.17. The molecule has 0 bridgehead atoms. The van der Waals surface area contributed by atoms with E-state index < -0.39 is 0 Å². The maximum Gasteiger partial charge on any atom is 0.0753 e. The lowest BCUT2D eigenvalue weighted by atomic mass is 10.1. The van der Waals surface area contributed by atoms with Crippen LogP contribution >= 0.6 is 0 Å². The van der Waals surface area contributed by atoms with Crippen LogP contribution in [0.5, 0.6) is 0 Å². The summed E-state index contributed by atoms with van der Waals surface area (Å²) in [6.45, 7) is 8.75. The summed E-state index contributed by atoms with van der Waals surface area (Å²) in [5.41, 5.74) is 5.38. The number of hydrogen-bond donors (Lipinski definition) is 1. The monoisotopic (exact) mass is 184 g/mol. The molecule has 0 aliphatic carbocycles. The topological polar surface area (TPSA) is 38.5 Å². The zero-order valence-electron chi connectivity index (χ0n) is 8.62. The molecule has 3 heteroatoms. The minimum absolute atomic E-state index is 0.00873. The predicted molar refractivity (Wildman–Crippen MR) is 54.7 cm³/mol. The molecule has 0 aromatic carbocycles. The van der Waals surface area contributed by atoms with Crippen molar-refractivity contribution in [3.63, 3.8) is 0 Å². The largest absolute Gasteiger partial charge is 0.373 e. The molecule has 0 aromatic rings. The van der Waals surface area contributed by atoms with Crippen LogP contribution in [-0.4, -0.2) is 43.3 Å². The van der Waals surface area contributed by atoms with E-state index >= 15 is 0 Å². The highest BCUT2D eigenvalue weighted by Gasteiger charge is 2.25. The molecule has 0 unspecified atom stereocenters. The Kier molecular flexibility index (Phi) is 3.90. The summed E-state index contributed by atoms with van der Waals surface area (Å²) in [5.74, 6) is 0. The molecule has 3 nitrogen and oxygen atoms in total. The molecule has 0 radical (unpaired) electrons. The van der Waals surface area contributed by atoms with Gasteiger partial charge in [-0.15, -0.1) is 0 Å². The Hall–Kier alpha value is -0.380.